The molecule has 0 amide bonds. The van der Waals surface area contributed by atoms with Gasteiger partial charge in [0.2, 0.25) is 0 Å². The first-order valence-electron chi connectivity index (χ1n) is 4.96. The van der Waals surface area contributed by atoms with E-state index in [0.717, 1.165) is 26.2 Å². The first kappa shape index (κ1) is 8.94. The molecule has 1 fully saturated rings. The molecule has 0 radical (unpaired) electrons. The Hall–Kier alpha value is -0.640. The summed E-state index contributed by atoms with van der Waals surface area (Å²) in [6.45, 7) is 10.9. The zero-order valence-corrected chi connectivity index (χ0v) is 8.69. The van der Waals surface area contributed by atoms with Gasteiger partial charge in [-0.05, 0) is 20.8 Å². The van der Waals surface area contributed by atoms with Gasteiger partial charge in [0.05, 0.1) is 19.1 Å². The summed E-state index contributed by atoms with van der Waals surface area (Å²) in [4.78, 5) is 2.52. The minimum Gasteiger partial charge on any atom is -0.294 e. The number of fused-ring (bicyclic) bond motifs is 1. The molecule has 0 spiro atoms. The van der Waals surface area contributed by atoms with Gasteiger partial charge >= 0.3 is 0 Å². The number of hydrogen-bond acceptors (Lipinski definition) is 4. The Kier molecular flexibility index (Phi) is 2.02. The minimum atomic E-state index is 0.286. The smallest absolute Gasteiger partial charge is 0.0853 e. The van der Waals surface area contributed by atoms with Crippen LogP contribution in [0.25, 0.3) is 0 Å². The molecule has 0 aromatic heterocycles. The van der Waals surface area contributed by atoms with E-state index >= 15 is 0 Å². The van der Waals surface area contributed by atoms with Crippen molar-refractivity contribution in [2.75, 3.05) is 26.2 Å². The van der Waals surface area contributed by atoms with E-state index < -0.39 is 0 Å². The molecule has 13 heavy (non-hydrogen) atoms. The second kappa shape index (κ2) is 2.94. The summed E-state index contributed by atoms with van der Waals surface area (Å²) in [5, 5.41) is 10.3. The molecule has 2 aliphatic rings. The van der Waals surface area contributed by atoms with Gasteiger partial charge in [-0.3, -0.25) is 9.91 Å². The average Bonchev–Trinajstić information content (AvgIpc) is 2.47. The van der Waals surface area contributed by atoms with Crippen molar-refractivity contribution in [3.63, 3.8) is 0 Å². The first-order valence-corrected chi connectivity index (χ1v) is 4.96. The zero-order valence-electron chi connectivity index (χ0n) is 8.69. The van der Waals surface area contributed by atoms with E-state index in [0.29, 0.717) is 6.04 Å². The molecule has 4 heteroatoms. The molecule has 4 nitrogen and oxygen atoms in total. The van der Waals surface area contributed by atoms with Crippen LogP contribution in [0.3, 0.4) is 0 Å². The summed E-state index contributed by atoms with van der Waals surface area (Å²) in [5.74, 6) is 0. The highest BCUT2D eigenvalue weighted by Gasteiger charge is 2.33. The van der Waals surface area contributed by atoms with E-state index in [1.54, 1.807) is 0 Å². The van der Waals surface area contributed by atoms with Gasteiger partial charge in [0.1, 0.15) is 0 Å². The Bertz CT molecular complexity index is 218. The summed E-state index contributed by atoms with van der Waals surface area (Å²) in [6, 6.07) is 0.535. The third-order valence-electron chi connectivity index (χ3n) is 2.87. The Labute approximate surface area is 79.6 Å². The number of nitrogens with zero attached hydrogens (tertiary/aromatic N) is 4. The Morgan fingerprint density at radius 1 is 1.23 bits per heavy atom. The number of piperazine rings is 1. The maximum atomic E-state index is 4.11. The fraction of sp³-hybridized carbons (Fsp3) is 1.00. The average molecular weight is 182 g/mol. The van der Waals surface area contributed by atoms with Crippen LogP contribution in [0.15, 0.2) is 10.3 Å². The second-order valence-corrected chi connectivity index (χ2v) is 4.85. The summed E-state index contributed by atoms with van der Waals surface area (Å²) in [6.07, 6.45) is 0. The standard InChI is InChI=1S/C9H18N4/c1-9(2,3)12-4-5-13-8(7-12)6-10-11-13/h8H,4-7H2,1-3H3. The van der Waals surface area contributed by atoms with Gasteiger partial charge in [0, 0.05) is 18.6 Å². The third-order valence-corrected chi connectivity index (χ3v) is 2.87. The van der Waals surface area contributed by atoms with Gasteiger partial charge in [-0.25, -0.2) is 0 Å². The van der Waals surface area contributed by atoms with E-state index in [9.17, 15) is 0 Å². The molecule has 1 unspecified atom stereocenters. The van der Waals surface area contributed by atoms with Gasteiger partial charge in [-0.2, -0.15) is 5.11 Å². The quantitative estimate of drug-likeness (QED) is 0.563. The van der Waals surface area contributed by atoms with E-state index in [1.807, 2.05) is 0 Å². The van der Waals surface area contributed by atoms with Crippen molar-refractivity contribution >= 4 is 0 Å². The monoisotopic (exact) mass is 182 g/mol. The van der Waals surface area contributed by atoms with Crippen LogP contribution in [0.2, 0.25) is 0 Å². The fourth-order valence-electron chi connectivity index (χ4n) is 1.94. The molecule has 0 aliphatic carbocycles. The molecule has 0 bridgehead atoms. The Balaban J connectivity index is 1.99. The van der Waals surface area contributed by atoms with E-state index in [4.69, 9.17) is 0 Å². The van der Waals surface area contributed by atoms with Gasteiger partial charge in [0.25, 0.3) is 0 Å². The largest absolute Gasteiger partial charge is 0.294 e. The minimum absolute atomic E-state index is 0.286. The van der Waals surface area contributed by atoms with E-state index in [2.05, 4.69) is 41.0 Å². The van der Waals surface area contributed by atoms with Crippen LogP contribution in [-0.2, 0) is 0 Å². The van der Waals surface area contributed by atoms with Crippen LogP contribution in [0, 0.1) is 0 Å². The van der Waals surface area contributed by atoms with E-state index in [1.165, 1.54) is 0 Å². The van der Waals surface area contributed by atoms with Crippen molar-refractivity contribution in [2.45, 2.75) is 32.4 Å². The number of rotatable bonds is 0. The van der Waals surface area contributed by atoms with Crippen molar-refractivity contribution < 1.29 is 0 Å². The highest BCUT2D eigenvalue weighted by molar-refractivity contribution is 4.89. The van der Waals surface area contributed by atoms with Crippen LogP contribution in [0.5, 0.6) is 0 Å². The summed E-state index contributed by atoms with van der Waals surface area (Å²) >= 11 is 0. The fourth-order valence-corrected chi connectivity index (χ4v) is 1.94. The molecular formula is C9H18N4. The molecule has 0 saturated carbocycles. The first-order chi connectivity index (χ1) is 6.07. The highest BCUT2D eigenvalue weighted by Crippen LogP contribution is 2.22. The molecular weight excluding hydrogens is 164 g/mol. The topological polar surface area (TPSA) is 31.2 Å². The highest BCUT2D eigenvalue weighted by atomic mass is 15.6. The third kappa shape index (κ3) is 1.68. The van der Waals surface area contributed by atoms with Crippen molar-refractivity contribution in [3.05, 3.63) is 0 Å². The molecule has 0 aromatic carbocycles. The summed E-state index contributed by atoms with van der Waals surface area (Å²) in [7, 11) is 0. The van der Waals surface area contributed by atoms with Crippen LogP contribution in [0.1, 0.15) is 20.8 Å². The lowest BCUT2D eigenvalue weighted by atomic mass is 10.0. The normalized spacial score (nSPS) is 29.5. The van der Waals surface area contributed by atoms with Crippen molar-refractivity contribution in [2.24, 2.45) is 10.3 Å². The summed E-state index contributed by atoms with van der Waals surface area (Å²) in [5.41, 5.74) is 0.286. The lowest BCUT2D eigenvalue weighted by Gasteiger charge is -2.43. The maximum absolute atomic E-state index is 4.11. The van der Waals surface area contributed by atoms with Gasteiger partial charge < -0.3 is 0 Å². The molecule has 74 valence electrons. The van der Waals surface area contributed by atoms with Crippen LogP contribution >= 0.6 is 0 Å². The van der Waals surface area contributed by atoms with Crippen LogP contribution in [0.4, 0.5) is 0 Å². The van der Waals surface area contributed by atoms with Gasteiger partial charge in [0.15, 0.2) is 0 Å². The van der Waals surface area contributed by atoms with Crippen molar-refractivity contribution in [3.8, 4) is 0 Å². The Morgan fingerprint density at radius 3 is 2.69 bits per heavy atom. The Morgan fingerprint density at radius 2 is 2.00 bits per heavy atom. The van der Waals surface area contributed by atoms with Crippen LogP contribution < -0.4 is 0 Å². The molecule has 2 rings (SSSR count). The molecule has 2 heterocycles. The van der Waals surface area contributed by atoms with E-state index in [-0.39, 0.29) is 5.54 Å². The second-order valence-electron chi connectivity index (χ2n) is 4.85. The van der Waals surface area contributed by atoms with Crippen molar-refractivity contribution in [1.29, 1.82) is 0 Å². The molecule has 1 atom stereocenters. The molecule has 0 N–H and O–H groups in total. The van der Waals surface area contributed by atoms with Gasteiger partial charge in [-0.15, -0.1) is 0 Å². The zero-order chi connectivity index (χ0) is 9.47. The molecule has 1 saturated heterocycles. The lowest BCUT2D eigenvalue weighted by Crippen LogP contribution is -2.56. The molecule has 2 aliphatic heterocycles. The predicted molar refractivity (Wildman–Crippen MR) is 51.5 cm³/mol. The SMILES string of the molecule is CC(C)(C)N1CCN2N=NCC2C1. The maximum Gasteiger partial charge on any atom is 0.0853 e. The molecule has 0 aromatic rings. The lowest BCUT2D eigenvalue weighted by molar-refractivity contribution is 0.0371. The predicted octanol–water partition coefficient (Wildman–Crippen LogP) is 1.15. The summed E-state index contributed by atoms with van der Waals surface area (Å²) < 4.78 is 0. The number of hydrogen-bond donors (Lipinski definition) is 0. The van der Waals surface area contributed by atoms with Crippen LogP contribution in [-0.4, -0.2) is 47.7 Å². The van der Waals surface area contributed by atoms with Gasteiger partial charge in [-0.1, -0.05) is 5.22 Å². The van der Waals surface area contributed by atoms with Crippen molar-refractivity contribution in [1.82, 2.24) is 9.91 Å².